The molecule has 1 fully saturated rings. The molecule has 5 heteroatoms. The van der Waals surface area contributed by atoms with Crippen LogP contribution in [0.25, 0.3) is 21.8 Å². The Morgan fingerprint density at radius 3 is 2.71 bits per heavy atom. The zero-order valence-electron chi connectivity index (χ0n) is 17.1. The molecule has 2 heterocycles. The molecule has 148 valence electrons. The Kier molecular flexibility index (Phi) is 4.79. The number of carbonyl (C=O) groups excluding carboxylic acids is 1. The predicted molar refractivity (Wildman–Crippen MR) is 115 cm³/mol. The lowest BCUT2D eigenvalue weighted by Gasteiger charge is -2.24. The molecule has 1 saturated heterocycles. The summed E-state index contributed by atoms with van der Waals surface area (Å²) in [5.74, 6) is 0. The number of hydrogen-bond donors (Lipinski definition) is 2. The molecule has 2 amide bonds. The fraction of sp³-hybridized carbons (Fsp3) is 0.435. The number of para-hydroxylation sites is 1. The molecule has 1 aliphatic heterocycles. The molecule has 1 aromatic heterocycles. The minimum Gasteiger partial charge on any atom is -0.394 e. The maximum atomic E-state index is 12.9. The van der Waals surface area contributed by atoms with E-state index in [4.69, 9.17) is 0 Å². The van der Waals surface area contributed by atoms with Crippen LogP contribution in [0.4, 0.5) is 10.5 Å². The van der Waals surface area contributed by atoms with Gasteiger partial charge in [0.05, 0.1) is 18.2 Å². The minimum atomic E-state index is -0.116. The molecule has 28 heavy (non-hydrogen) atoms. The highest BCUT2D eigenvalue weighted by molar-refractivity contribution is 6.12. The number of benzene rings is 2. The highest BCUT2D eigenvalue weighted by Crippen LogP contribution is 2.38. The van der Waals surface area contributed by atoms with Crippen molar-refractivity contribution in [2.24, 2.45) is 0 Å². The summed E-state index contributed by atoms with van der Waals surface area (Å²) in [6, 6.07) is 10.8. The number of carbonyl (C=O) groups is 1. The van der Waals surface area contributed by atoms with E-state index in [0.29, 0.717) is 12.6 Å². The molecule has 0 bridgehead atoms. The zero-order chi connectivity index (χ0) is 20.0. The number of fused-ring (bicyclic) bond motifs is 3. The van der Waals surface area contributed by atoms with Crippen molar-refractivity contribution in [2.45, 2.75) is 52.6 Å². The minimum absolute atomic E-state index is 0.0201. The van der Waals surface area contributed by atoms with Gasteiger partial charge in [-0.3, -0.25) is 0 Å². The third-order valence-corrected chi connectivity index (χ3v) is 6.04. The Balaban J connectivity index is 1.85. The Labute approximate surface area is 165 Å². The van der Waals surface area contributed by atoms with Crippen LogP contribution in [0.5, 0.6) is 0 Å². The van der Waals surface area contributed by atoms with Crippen LogP contribution in [0.2, 0.25) is 0 Å². The van der Waals surface area contributed by atoms with Crippen molar-refractivity contribution < 1.29 is 9.90 Å². The van der Waals surface area contributed by atoms with E-state index in [9.17, 15) is 9.90 Å². The fourth-order valence-corrected chi connectivity index (χ4v) is 4.74. The van der Waals surface area contributed by atoms with Gasteiger partial charge in [-0.25, -0.2) is 4.79 Å². The molecule has 0 aliphatic carbocycles. The number of likely N-dealkylation sites (tertiary alicyclic amines) is 1. The van der Waals surface area contributed by atoms with Crippen molar-refractivity contribution in [3.8, 4) is 0 Å². The van der Waals surface area contributed by atoms with Crippen LogP contribution in [-0.4, -0.2) is 39.8 Å². The maximum Gasteiger partial charge on any atom is 0.322 e. The van der Waals surface area contributed by atoms with Crippen LogP contribution in [0.15, 0.2) is 30.3 Å². The average molecular weight is 380 g/mol. The molecule has 0 radical (unpaired) electrons. The van der Waals surface area contributed by atoms with Crippen molar-refractivity contribution >= 4 is 33.5 Å². The summed E-state index contributed by atoms with van der Waals surface area (Å²) in [5.41, 5.74) is 5.46. The standard InChI is InChI=1S/C23H29N3O2/c1-14(2)26-19-10-6-5-9-18(19)21-16(4)22(15(3)12-20(21)26)24-23(28)25-11-7-8-17(25)13-27/h5-6,9-10,12,14,17,27H,7-8,11,13H2,1-4H3,(H,24,28)/t17-/m0/s1. The summed E-state index contributed by atoms with van der Waals surface area (Å²) in [7, 11) is 0. The highest BCUT2D eigenvalue weighted by atomic mass is 16.3. The van der Waals surface area contributed by atoms with Gasteiger partial charge in [0.1, 0.15) is 0 Å². The molecule has 4 rings (SSSR count). The Morgan fingerprint density at radius 1 is 1.25 bits per heavy atom. The number of anilines is 1. The highest BCUT2D eigenvalue weighted by Gasteiger charge is 2.29. The van der Waals surface area contributed by atoms with Gasteiger partial charge >= 0.3 is 6.03 Å². The van der Waals surface area contributed by atoms with Crippen molar-refractivity contribution in [1.82, 2.24) is 9.47 Å². The number of aliphatic hydroxyl groups is 1. The largest absolute Gasteiger partial charge is 0.394 e. The lowest BCUT2D eigenvalue weighted by Crippen LogP contribution is -2.40. The third-order valence-electron chi connectivity index (χ3n) is 6.04. The number of aliphatic hydroxyl groups excluding tert-OH is 1. The topological polar surface area (TPSA) is 57.5 Å². The van der Waals surface area contributed by atoms with Crippen LogP contribution in [0.1, 0.15) is 43.9 Å². The summed E-state index contributed by atoms with van der Waals surface area (Å²) < 4.78 is 2.37. The normalized spacial score (nSPS) is 17.2. The summed E-state index contributed by atoms with van der Waals surface area (Å²) in [6.07, 6.45) is 1.81. The van der Waals surface area contributed by atoms with Crippen molar-refractivity contribution in [2.75, 3.05) is 18.5 Å². The first-order chi connectivity index (χ1) is 13.4. The quantitative estimate of drug-likeness (QED) is 0.674. The Bertz CT molecular complexity index is 1050. The molecular formula is C23H29N3O2. The van der Waals surface area contributed by atoms with Gasteiger partial charge in [-0.2, -0.15) is 0 Å². The molecule has 0 unspecified atom stereocenters. The summed E-state index contributed by atoms with van der Waals surface area (Å²) in [4.78, 5) is 14.7. The Morgan fingerprint density at radius 2 is 2.00 bits per heavy atom. The maximum absolute atomic E-state index is 12.9. The first-order valence-corrected chi connectivity index (χ1v) is 10.1. The monoisotopic (exact) mass is 379 g/mol. The van der Waals surface area contributed by atoms with Crippen LogP contribution in [0, 0.1) is 13.8 Å². The van der Waals surface area contributed by atoms with Gasteiger partial charge in [0.2, 0.25) is 0 Å². The average Bonchev–Trinajstić information content (AvgIpc) is 3.26. The van der Waals surface area contributed by atoms with E-state index in [1.54, 1.807) is 4.90 Å². The van der Waals surface area contributed by atoms with E-state index in [0.717, 1.165) is 29.7 Å². The van der Waals surface area contributed by atoms with E-state index in [-0.39, 0.29) is 18.7 Å². The molecule has 2 N–H and O–H groups in total. The van der Waals surface area contributed by atoms with Gasteiger partial charge in [0.15, 0.2) is 0 Å². The zero-order valence-corrected chi connectivity index (χ0v) is 17.1. The SMILES string of the molecule is Cc1cc2c(c(C)c1NC(=O)N1CCC[C@H]1CO)c1ccccc1n2C(C)C. The number of rotatable bonds is 3. The molecule has 2 aromatic carbocycles. The van der Waals surface area contributed by atoms with E-state index < -0.39 is 0 Å². The molecule has 1 aliphatic rings. The van der Waals surface area contributed by atoms with Crippen molar-refractivity contribution in [3.63, 3.8) is 0 Å². The van der Waals surface area contributed by atoms with Crippen LogP contribution < -0.4 is 5.32 Å². The third kappa shape index (κ3) is 2.85. The molecule has 0 saturated carbocycles. The number of nitrogens with zero attached hydrogens (tertiary/aromatic N) is 2. The van der Waals surface area contributed by atoms with Crippen LogP contribution in [0.3, 0.4) is 0 Å². The predicted octanol–water partition coefficient (Wildman–Crippen LogP) is 4.98. The molecule has 1 atom stereocenters. The molecular weight excluding hydrogens is 350 g/mol. The van der Waals surface area contributed by atoms with Crippen molar-refractivity contribution in [3.05, 3.63) is 41.5 Å². The Hall–Kier alpha value is -2.53. The summed E-state index contributed by atoms with van der Waals surface area (Å²) in [5, 5.41) is 15.1. The summed E-state index contributed by atoms with van der Waals surface area (Å²) >= 11 is 0. The van der Waals surface area contributed by atoms with E-state index in [1.807, 2.05) is 0 Å². The number of aryl methyl sites for hydroxylation is 2. The summed E-state index contributed by atoms with van der Waals surface area (Å²) in [6.45, 7) is 9.27. The second-order valence-corrected chi connectivity index (χ2v) is 8.17. The number of nitrogens with one attached hydrogen (secondary N) is 1. The lowest BCUT2D eigenvalue weighted by atomic mass is 10.0. The first kappa shape index (κ1) is 18.8. The van der Waals surface area contributed by atoms with Crippen LogP contribution in [-0.2, 0) is 0 Å². The first-order valence-electron chi connectivity index (χ1n) is 10.1. The second kappa shape index (κ2) is 7.13. The van der Waals surface area contributed by atoms with Crippen LogP contribution >= 0.6 is 0 Å². The van der Waals surface area contributed by atoms with E-state index in [2.05, 4.69) is 67.9 Å². The molecule has 3 aromatic rings. The number of amides is 2. The molecule has 0 spiro atoms. The number of urea groups is 1. The fourth-order valence-electron chi connectivity index (χ4n) is 4.74. The van der Waals surface area contributed by atoms with E-state index in [1.165, 1.54) is 21.8 Å². The van der Waals surface area contributed by atoms with Crippen molar-refractivity contribution in [1.29, 1.82) is 0 Å². The lowest BCUT2D eigenvalue weighted by molar-refractivity contribution is 0.166. The van der Waals surface area contributed by atoms with Gasteiger partial charge in [-0.05, 0) is 63.8 Å². The van der Waals surface area contributed by atoms with Gasteiger partial charge in [-0.15, -0.1) is 0 Å². The number of hydrogen-bond acceptors (Lipinski definition) is 2. The van der Waals surface area contributed by atoms with Gasteiger partial charge in [0.25, 0.3) is 0 Å². The number of aromatic nitrogens is 1. The smallest absolute Gasteiger partial charge is 0.322 e. The van der Waals surface area contributed by atoms with E-state index >= 15 is 0 Å². The van der Waals surface area contributed by atoms with Gasteiger partial charge in [-0.1, -0.05) is 18.2 Å². The van der Waals surface area contributed by atoms with Gasteiger partial charge in [0, 0.05) is 34.6 Å². The molecule has 5 nitrogen and oxygen atoms in total. The second-order valence-electron chi connectivity index (χ2n) is 8.17. The van der Waals surface area contributed by atoms with Gasteiger partial charge < -0.3 is 19.9 Å².